The lowest BCUT2D eigenvalue weighted by molar-refractivity contribution is 0.505. The summed E-state index contributed by atoms with van der Waals surface area (Å²) in [5.41, 5.74) is 5.98. The Balaban J connectivity index is 2.81. The van der Waals surface area contributed by atoms with Gasteiger partial charge < -0.3 is 10.3 Å². The van der Waals surface area contributed by atoms with Crippen LogP contribution in [0, 0.1) is 0 Å². The number of imidazole rings is 1. The quantitative estimate of drug-likeness (QED) is 0.769. The molecule has 0 amide bonds. The van der Waals surface area contributed by atoms with Crippen molar-refractivity contribution in [3.8, 4) is 0 Å². The summed E-state index contributed by atoms with van der Waals surface area (Å²) in [5, 5.41) is 0. The minimum Gasteiger partial charge on any atom is -0.335 e. The normalized spacial score (nSPS) is 15.7. The third kappa shape index (κ3) is 2.10. The molecule has 1 aromatic heterocycles. The monoisotopic (exact) mass is 181 g/mol. The third-order valence-corrected chi connectivity index (χ3v) is 2.61. The summed E-state index contributed by atoms with van der Waals surface area (Å²) in [4.78, 5) is 4.34. The van der Waals surface area contributed by atoms with Gasteiger partial charge in [-0.2, -0.15) is 0 Å². The van der Waals surface area contributed by atoms with Crippen LogP contribution in [0.2, 0.25) is 0 Å². The minimum atomic E-state index is 0.215. The van der Waals surface area contributed by atoms with Crippen LogP contribution in [0.1, 0.15) is 38.9 Å². The smallest absolute Gasteiger partial charge is 0.113 e. The summed E-state index contributed by atoms with van der Waals surface area (Å²) < 4.78 is 2.15. The Labute approximate surface area is 80.0 Å². The van der Waals surface area contributed by atoms with Gasteiger partial charge in [0.25, 0.3) is 0 Å². The van der Waals surface area contributed by atoms with Crippen LogP contribution in [0.3, 0.4) is 0 Å². The minimum absolute atomic E-state index is 0.215. The number of nitrogens with zero attached hydrogens (tertiary/aromatic N) is 2. The molecule has 74 valence electrons. The van der Waals surface area contributed by atoms with E-state index >= 15 is 0 Å². The zero-order valence-electron chi connectivity index (χ0n) is 8.70. The first-order chi connectivity index (χ1) is 6.20. The van der Waals surface area contributed by atoms with Gasteiger partial charge in [-0.15, -0.1) is 0 Å². The van der Waals surface area contributed by atoms with E-state index in [-0.39, 0.29) is 6.04 Å². The van der Waals surface area contributed by atoms with Crippen molar-refractivity contribution in [2.75, 3.05) is 0 Å². The fraction of sp³-hybridized carbons (Fsp3) is 0.700. The van der Waals surface area contributed by atoms with Gasteiger partial charge in [-0.25, -0.2) is 4.98 Å². The first kappa shape index (κ1) is 10.3. The zero-order valence-corrected chi connectivity index (χ0v) is 8.70. The van der Waals surface area contributed by atoms with E-state index in [0.29, 0.717) is 5.92 Å². The lowest BCUT2D eigenvalue weighted by Gasteiger charge is -2.18. The Morgan fingerprint density at radius 2 is 2.23 bits per heavy atom. The van der Waals surface area contributed by atoms with Crippen molar-refractivity contribution in [3.05, 3.63) is 18.2 Å². The van der Waals surface area contributed by atoms with Crippen molar-refractivity contribution in [2.45, 2.75) is 45.7 Å². The van der Waals surface area contributed by atoms with Crippen molar-refractivity contribution in [1.29, 1.82) is 0 Å². The predicted molar refractivity (Wildman–Crippen MR) is 54.6 cm³/mol. The van der Waals surface area contributed by atoms with Crippen molar-refractivity contribution >= 4 is 0 Å². The number of nitrogens with two attached hydrogens (primary N) is 1. The number of aryl methyl sites for hydroxylation is 1. The molecule has 0 aliphatic heterocycles. The molecule has 0 saturated carbocycles. The van der Waals surface area contributed by atoms with Gasteiger partial charge in [-0.1, -0.05) is 13.8 Å². The van der Waals surface area contributed by atoms with Crippen LogP contribution in [0.5, 0.6) is 0 Å². The Bertz CT molecular complexity index is 254. The summed E-state index contributed by atoms with van der Waals surface area (Å²) in [6, 6.07) is 0.215. The fourth-order valence-electron chi connectivity index (χ4n) is 1.53. The highest BCUT2D eigenvalue weighted by Gasteiger charge is 2.16. The van der Waals surface area contributed by atoms with Gasteiger partial charge in [0.1, 0.15) is 5.82 Å². The van der Waals surface area contributed by atoms with Crippen molar-refractivity contribution in [2.24, 2.45) is 5.73 Å². The molecule has 3 nitrogen and oxygen atoms in total. The molecule has 0 saturated heterocycles. The molecule has 0 radical (unpaired) electrons. The van der Waals surface area contributed by atoms with Crippen LogP contribution < -0.4 is 5.73 Å². The second kappa shape index (κ2) is 4.42. The molecule has 13 heavy (non-hydrogen) atoms. The van der Waals surface area contributed by atoms with Crippen LogP contribution >= 0.6 is 0 Å². The second-order valence-corrected chi connectivity index (χ2v) is 3.43. The number of rotatable bonds is 4. The number of hydrogen-bond acceptors (Lipinski definition) is 2. The maximum Gasteiger partial charge on any atom is 0.113 e. The van der Waals surface area contributed by atoms with E-state index in [0.717, 1.165) is 18.8 Å². The van der Waals surface area contributed by atoms with Gasteiger partial charge in [0.05, 0.1) is 0 Å². The Hall–Kier alpha value is -0.830. The zero-order chi connectivity index (χ0) is 9.84. The van der Waals surface area contributed by atoms with Crippen LogP contribution in [0.4, 0.5) is 0 Å². The maximum atomic E-state index is 5.98. The Morgan fingerprint density at radius 3 is 2.77 bits per heavy atom. The average molecular weight is 181 g/mol. The maximum absolute atomic E-state index is 5.98. The number of aromatic nitrogens is 2. The first-order valence-electron chi connectivity index (χ1n) is 4.97. The van der Waals surface area contributed by atoms with Gasteiger partial charge >= 0.3 is 0 Å². The molecule has 2 N–H and O–H groups in total. The molecule has 1 aromatic rings. The molecule has 0 spiro atoms. The van der Waals surface area contributed by atoms with E-state index in [9.17, 15) is 0 Å². The van der Waals surface area contributed by atoms with Gasteiger partial charge in [0.2, 0.25) is 0 Å². The van der Waals surface area contributed by atoms with Crippen LogP contribution in [-0.2, 0) is 6.54 Å². The summed E-state index contributed by atoms with van der Waals surface area (Å²) >= 11 is 0. The highest BCUT2D eigenvalue weighted by Crippen LogP contribution is 2.17. The second-order valence-electron chi connectivity index (χ2n) is 3.43. The van der Waals surface area contributed by atoms with E-state index in [1.165, 1.54) is 0 Å². The van der Waals surface area contributed by atoms with Crippen molar-refractivity contribution in [3.63, 3.8) is 0 Å². The van der Waals surface area contributed by atoms with E-state index in [1.807, 2.05) is 12.4 Å². The lowest BCUT2D eigenvalue weighted by atomic mass is 10.00. The highest BCUT2D eigenvalue weighted by molar-refractivity contribution is 5.02. The highest BCUT2D eigenvalue weighted by atomic mass is 15.1. The molecule has 0 aliphatic rings. The van der Waals surface area contributed by atoms with Crippen LogP contribution in [0.25, 0.3) is 0 Å². The van der Waals surface area contributed by atoms with Crippen LogP contribution in [-0.4, -0.2) is 15.6 Å². The fourth-order valence-corrected chi connectivity index (χ4v) is 1.53. The average Bonchev–Trinajstić information content (AvgIpc) is 2.62. The Kier molecular flexibility index (Phi) is 3.48. The largest absolute Gasteiger partial charge is 0.335 e. The van der Waals surface area contributed by atoms with Crippen molar-refractivity contribution < 1.29 is 0 Å². The summed E-state index contributed by atoms with van der Waals surface area (Å²) in [6.07, 6.45) is 4.85. The van der Waals surface area contributed by atoms with Crippen molar-refractivity contribution in [1.82, 2.24) is 9.55 Å². The molecule has 0 fully saturated rings. The van der Waals surface area contributed by atoms with Gasteiger partial charge in [-0.3, -0.25) is 0 Å². The summed E-state index contributed by atoms with van der Waals surface area (Å²) in [7, 11) is 0. The lowest BCUT2D eigenvalue weighted by Crippen LogP contribution is -2.27. The summed E-state index contributed by atoms with van der Waals surface area (Å²) in [6.45, 7) is 7.34. The number of hydrogen-bond donors (Lipinski definition) is 1. The van der Waals surface area contributed by atoms with Crippen LogP contribution in [0.15, 0.2) is 12.4 Å². The predicted octanol–water partition coefficient (Wildman–Crippen LogP) is 1.74. The molecular formula is C10H19N3. The molecule has 2 unspecified atom stereocenters. The van der Waals surface area contributed by atoms with E-state index in [2.05, 4.69) is 30.3 Å². The molecule has 0 bridgehead atoms. The first-order valence-corrected chi connectivity index (χ1v) is 4.97. The SMILES string of the molecule is CCC(N)C(C)c1nccn1CC. The van der Waals surface area contributed by atoms with E-state index in [1.54, 1.807) is 0 Å². The molecule has 0 aliphatic carbocycles. The van der Waals surface area contributed by atoms with E-state index < -0.39 is 0 Å². The van der Waals surface area contributed by atoms with E-state index in [4.69, 9.17) is 5.73 Å². The van der Waals surface area contributed by atoms with Gasteiger partial charge in [0, 0.05) is 30.9 Å². The van der Waals surface area contributed by atoms with Gasteiger partial charge in [0.15, 0.2) is 0 Å². The molecule has 2 atom stereocenters. The molecular weight excluding hydrogens is 162 g/mol. The third-order valence-electron chi connectivity index (χ3n) is 2.61. The molecule has 3 heteroatoms. The molecule has 0 aromatic carbocycles. The van der Waals surface area contributed by atoms with Gasteiger partial charge in [-0.05, 0) is 13.3 Å². The standard InChI is InChI=1S/C10H19N3/c1-4-9(11)8(3)10-12-6-7-13(10)5-2/h6-9H,4-5,11H2,1-3H3. The molecule has 1 rings (SSSR count). The topological polar surface area (TPSA) is 43.8 Å². The molecule has 1 heterocycles. The summed E-state index contributed by atoms with van der Waals surface area (Å²) in [5.74, 6) is 1.46. The Morgan fingerprint density at radius 1 is 1.54 bits per heavy atom.